The number of nitrogens with zero attached hydrogens (tertiary/aromatic N) is 1. The molecular formula is C17H25NO3. The molecule has 4 nitrogen and oxygen atoms in total. The second kappa shape index (κ2) is 8.80. The number of rotatable bonds is 7. The van der Waals surface area contributed by atoms with Gasteiger partial charge in [-0.05, 0) is 18.4 Å². The van der Waals surface area contributed by atoms with Crippen molar-refractivity contribution in [2.75, 3.05) is 26.3 Å². The van der Waals surface area contributed by atoms with Crippen molar-refractivity contribution in [1.29, 1.82) is 0 Å². The van der Waals surface area contributed by atoms with E-state index < -0.39 is 0 Å². The molecule has 116 valence electrons. The molecule has 21 heavy (non-hydrogen) atoms. The molecule has 1 fully saturated rings. The number of ether oxygens (including phenoxy) is 2. The maximum atomic E-state index is 11.6. The predicted molar refractivity (Wildman–Crippen MR) is 81.9 cm³/mol. The van der Waals surface area contributed by atoms with Crippen LogP contribution in [0.2, 0.25) is 0 Å². The van der Waals surface area contributed by atoms with E-state index >= 15 is 0 Å². The molecule has 1 amide bonds. The zero-order valence-corrected chi connectivity index (χ0v) is 12.8. The van der Waals surface area contributed by atoms with E-state index in [9.17, 15) is 4.79 Å². The Morgan fingerprint density at radius 1 is 1.19 bits per heavy atom. The SMILES string of the molecule is CCC(=O)N1CCC(OCCOCc2ccccc2)CC1. The van der Waals surface area contributed by atoms with E-state index in [-0.39, 0.29) is 12.0 Å². The molecule has 1 aromatic rings. The smallest absolute Gasteiger partial charge is 0.222 e. The van der Waals surface area contributed by atoms with Crippen LogP contribution in [-0.4, -0.2) is 43.2 Å². The zero-order valence-electron chi connectivity index (χ0n) is 12.8. The Kier molecular flexibility index (Phi) is 6.70. The number of piperidine rings is 1. The molecular weight excluding hydrogens is 266 g/mol. The Labute approximate surface area is 127 Å². The van der Waals surface area contributed by atoms with Gasteiger partial charge >= 0.3 is 0 Å². The van der Waals surface area contributed by atoms with Crippen LogP contribution in [0.1, 0.15) is 31.7 Å². The van der Waals surface area contributed by atoms with Crippen LogP contribution in [0.3, 0.4) is 0 Å². The first-order valence-corrected chi connectivity index (χ1v) is 7.80. The van der Waals surface area contributed by atoms with Crippen molar-refractivity contribution < 1.29 is 14.3 Å². The third-order valence-corrected chi connectivity index (χ3v) is 3.79. The largest absolute Gasteiger partial charge is 0.376 e. The van der Waals surface area contributed by atoms with Gasteiger partial charge in [0.15, 0.2) is 0 Å². The van der Waals surface area contributed by atoms with Crippen LogP contribution in [0.4, 0.5) is 0 Å². The van der Waals surface area contributed by atoms with Crippen LogP contribution in [0.15, 0.2) is 30.3 Å². The van der Waals surface area contributed by atoms with Crippen molar-refractivity contribution in [3.8, 4) is 0 Å². The van der Waals surface area contributed by atoms with E-state index in [1.807, 2.05) is 30.0 Å². The molecule has 0 bridgehead atoms. The summed E-state index contributed by atoms with van der Waals surface area (Å²) in [4.78, 5) is 13.5. The third-order valence-electron chi connectivity index (χ3n) is 3.79. The summed E-state index contributed by atoms with van der Waals surface area (Å²) in [6.07, 6.45) is 2.74. The minimum absolute atomic E-state index is 0.250. The van der Waals surface area contributed by atoms with Gasteiger partial charge in [-0.15, -0.1) is 0 Å². The third kappa shape index (κ3) is 5.48. The average molecular weight is 291 g/mol. The van der Waals surface area contributed by atoms with Crippen molar-refractivity contribution >= 4 is 5.91 Å². The molecule has 0 aromatic heterocycles. The molecule has 1 saturated heterocycles. The van der Waals surface area contributed by atoms with Crippen molar-refractivity contribution in [2.45, 2.75) is 38.9 Å². The fraction of sp³-hybridized carbons (Fsp3) is 0.588. The summed E-state index contributed by atoms with van der Waals surface area (Å²) in [6.45, 7) is 5.43. The van der Waals surface area contributed by atoms with E-state index in [1.54, 1.807) is 0 Å². The minimum atomic E-state index is 0.250. The normalized spacial score (nSPS) is 16.1. The predicted octanol–water partition coefficient (Wildman–Crippen LogP) is 2.62. The quantitative estimate of drug-likeness (QED) is 0.725. The molecule has 0 N–H and O–H groups in total. The second-order valence-electron chi connectivity index (χ2n) is 5.34. The van der Waals surface area contributed by atoms with Crippen molar-refractivity contribution in [1.82, 2.24) is 4.90 Å². The van der Waals surface area contributed by atoms with Crippen LogP contribution in [0, 0.1) is 0 Å². The zero-order chi connectivity index (χ0) is 14.9. The van der Waals surface area contributed by atoms with Gasteiger partial charge in [0.05, 0.1) is 25.9 Å². The van der Waals surface area contributed by atoms with Crippen LogP contribution in [-0.2, 0) is 20.9 Å². The fourth-order valence-corrected chi connectivity index (χ4v) is 2.53. The molecule has 0 saturated carbocycles. The number of carbonyl (C=O) groups excluding carboxylic acids is 1. The Morgan fingerprint density at radius 2 is 1.90 bits per heavy atom. The van der Waals surface area contributed by atoms with Gasteiger partial charge in [-0.25, -0.2) is 0 Å². The highest BCUT2D eigenvalue weighted by Crippen LogP contribution is 2.14. The van der Waals surface area contributed by atoms with Gasteiger partial charge < -0.3 is 14.4 Å². The Morgan fingerprint density at radius 3 is 2.57 bits per heavy atom. The second-order valence-corrected chi connectivity index (χ2v) is 5.34. The molecule has 0 atom stereocenters. The fourth-order valence-electron chi connectivity index (χ4n) is 2.53. The highest BCUT2D eigenvalue weighted by atomic mass is 16.5. The van der Waals surface area contributed by atoms with Crippen LogP contribution < -0.4 is 0 Å². The Hall–Kier alpha value is -1.39. The van der Waals surface area contributed by atoms with Gasteiger partial charge in [-0.3, -0.25) is 4.79 Å². The summed E-state index contributed by atoms with van der Waals surface area (Å²) >= 11 is 0. The number of carbonyl (C=O) groups is 1. The highest BCUT2D eigenvalue weighted by Gasteiger charge is 2.21. The molecule has 0 aliphatic carbocycles. The molecule has 2 rings (SSSR count). The lowest BCUT2D eigenvalue weighted by atomic mass is 10.1. The standard InChI is InChI=1S/C17H25NO3/c1-2-17(19)18-10-8-16(9-11-18)21-13-12-20-14-15-6-4-3-5-7-15/h3-7,16H,2,8-14H2,1H3. The van der Waals surface area contributed by atoms with Crippen molar-refractivity contribution in [3.63, 3.8) is 0 Å². The number of hydrogen-bond donors (Lipinski definition) is 0. The first-order chi connectivity index (χ1) is 10.3. The molecule has 1 aliphatic rings. The van der Waals surface area contributed by atoms with Crippen LogP contribution in [0.5, 0.6) is 0 Å². The summed E-state index contributed by atoms with van der Waals surface area (Å²) < 4.78 is 11.4. The van der Waals surface area contributed by atoms with Gasteiger partial charge in [0.1, 0.15) is 0 Å². The summed E-state index contributed by atoms with van der Waals surface area (Å²) in [5, 5.41) is 0. The lowest BCUT2D eigenvalue weighted by molar-refractivity contribution is -0.133. The lowest BCUT2D eigenvalue weighted by Gasteiger charge is -2.31. The lowest BCUT2D eigenvalue weighted by Crippen LogP contribution is -2.40. The molecule has 0 radical (unpaired) electrons. The maximum absolute atomic E-state index is 11.6. The van der Waals surface area contributed by atoms with E-state index in [4.69, 9.17) is 9.47 Å². The Bertz CT molecular complexity index is 413. The van der Waals surface area contributed by atoms with Crippen molar-refractivity contribution in [3.05, 3.63) is 35.9 Å². The summed E-state index contributed by atoms with van der Waals surface area (Å²) in [5.41, 5.74) is 1.18. The summed E-state index contributed by atoms with van der Waals surface area (Å²) in [6, 6.07) is 10.1. The molecule has 1 aliphatic heterocycles. The van der Waals surface area contributed by atoms with Crippen molar-refractivity contribution in [2.24, 2.45) is 0 Å². The molecule has 4 heteroatoms. The number of amides is 1. The maximum Gasteiger partial charge on any atom is 0.222 e. The first kappa shape index (κ1) is 16.0. The van der Waals surface area contributed by atoms with E-state index in [0.29, 0.717) is 26.2 Å². The van der Waals surface area contributed by atoms with E-state index in [1.165, 1.54) is 5.56 Å². The number of likely N-dealkylation sites (tertiary alicyclic amines) is 1. The van der Waals surface area contributed by atoms with E-state index in [0.717, 1.165) is 25.9 Å². The van der Waals surface area contributed by atoms with Gasteiger partial charge in [-0.1, -0.05) is 37.3 Å². The number of hydrogen-bond acceptors (Lipinski definition) is 3. The average Bonchev–Trinajstić information content (AvgIpc) is 2.55. The molecule has 1 heterocycles. The van der Waals surface area contributed by atoms with Gasteiger partial charge in [0, 0.05) is 19.5 Å². The van der Waals surface area contributed by atoms with Crippen LogP contribution in [0.25, 0.3) is 0 Å². The minimum Gasteiger partial charge on any atom is -0.376 e. The van der Waals surface area contributed by atoms with Crippen LogP contribution >= 0.6 is 0 Å². The van der Waals surface area contributed by atoms with Gasteiger partial charge in [0.2, 0.25) is 5.91 Å². The first-order valence-electron chi connectivity index (χ1n) is 7.80. The van der Waals surface area contributed by atoms with E-state index in [2.05, 4.69) is 12.1 Å². The topological polar surface area (TPSA) is 38.8 Å². The highest BCUT2D eigenvalue weighted by molar-refractivity contribution is 5.75. The summed E-state index contributed by atoms with van der Waals surface area (Å²) in [7, 11) is 0. The Balaban J connectivity index is 1.53. The monoisotopic (exact) mass is 291 g/mol. The molecule has 0 unspecified atom stereocenters. The van der Waals surface area contributed by atoms with Gasteiger partial charge in [0.25, 0.3) is 0 Å². The molecule has 1 aromatic carbocycles. The summed E-state index contributed by atoms with van der Waals surface area (Å²) in [5.74, 6) is 0.250. The number of benzene rings is 1. The van der Waals surface area contributed by atoms with Gasteiger partial charge in [-0.2, -0.15) is 0 Å². The molecule has 0 spiro atoms.